The van der Waals surface area contributed by atoms with Gasteiger partial charge in [0.15, 0.2) is 0 Å². The van der Waals surface area contributed by atoms with E-state index in [1.54, 1.807) is 0 Å². The van der Waals surface area contributed by atoms with Crippen molar-refractivity contribution >= 4 is 0 Å². The topological polar surface area (TPSA) is 12.0 Å². The molecule has 1 rings (SSSR count). The predicted octanol–water partition coefficient (Wildman–Crippen LogP) is 1.65. The fourth-order valence-corrected chi connectivity index (χ4v) is 1.22. The highest BCUT2D eigenvalue weighted by Gasteiger charge is 2.16. The molecular weight excluding hydrogens is 122 g/mol. The quantitative estimate of drug-likeness (QED) is 0.568. The summed E-state index contributed by atoms with van der Waals surface area (Å²) in [5, 5.41) is 3.32. The summed E-state index contributed by atoms with van der Waals surface area (Å²) in [4.78, 5) is 0. The van der Waals surface area contributed by atoms with E-state index in [4.69, 9.17) is 0 Å². The summed E-state index contributed by atoms with van der Waals surface area (Å²) >= 11 is 0. The van der Waals surface area contributed by atoms with Crippen LogP contribution in [0.15, 0.2) is 37.0 Å². The van der Waals surface area contributed by atoms with Gasteiger partial charge in [-0.2, -0.15) is 0 Å². The highest BCUT2D eigenvalue weighted by Crippen LogP contribution is 2.13. The Morgan fingerprint density at radius 3 is 2.70 bits per heavy atom. The van der Waals surface area contributed by atoms with E-state index in [1.807, 2.05) is 12.2 Å². The molecule has 1 heteroatoms. The molecule has 0 saturated heterocycles. The smallest absolute Gasteiger partial charge is 0.0505 e. The number of nitrogens with one attached hydrogen (secondary N) is 1. The van der Waals surface area contributed by atoms with Crippen LogP contribution in [0.4, 0.5) is 0 Å². The Balaban J connectivity index is 2.74. The largest absolute Gasteiger partial charge is 0.301 e. The van der Waals surface area contributed by atoms with Crippen molar-refractivity contribution in [2.45, 2.75) is 19.0 Å². The Morgan fingerprint density at radius 2 is 2.30 bits per heavy atom. The van der Waals surface area contributed by atoms with E-state index in [-0.39, 0.29) is 0 Å². The zero-order valence-electron chi connectivity index (χ0n) is 6.30. The van der Waals surface area contributed by atoms with E-state index in [2.05, 4.69) is 31.5 Å². The molecule has 0 fully saturated rings. The van der Waals surface area contributed by atoms with Crippen LogP contribution in [0.3, 0.4) is 0 Å². The van der Waals surface area contributed by atoms with Crippen molar-refractivity contribution in [2.24, 2.45) is 0 Å². The van der Waals surface area contributed by atoms with Gasteiger partial charge in [0.2, 0.25) is 0 Å². The van der Waals surface area contributed by atoms with Crippen LogP contribution >= 0.6 is 0 Å². The van der Waals surface area contributed by atoms with Gasteiger partial charge in [-0.1, -0.05) is 24.8 Å². The van der Waals surface area contributed by atoms with Gasteiger partial charge in [-0.05, 0) is 12.5 Å². The third kappa shape index (κ3) is 1.19. The Hall–Kier alpha value is -0.820. The van der Waals surface area contributed by atoms with Gasteiger partial charge in [0, 0.05) is 6.04 Å². The van der Waals surface area contributed by atoms with E-state index in [9.17, 15) is 0 Å². The average molecular weight is 135 g/mol. The van der Waals surface area contributed by atoms with Crippen LogP contribution in [0.5, 0.6) is 0 Å². The molecule has 0 aromatic rings. The van der Waals surface area contributed by atoms with Crippen molar-refractivity contribution in [1.29, 1.82) is 0 Å². The zero-order valence-corrected chi connectivity index (χ0v) is 6.30. The van der Waals surface area contributed by atoms with Crippen LogP contribution in [0.2, 0.25) is 0 Å². The molecule has 1 aliphatic rings. The fraction of sp³-hybridized carbons (Fsp3) is 0.333. The van der Waals surface area contributed by atoms with Crippen LogP contribution in [0, 0.1) is 0 Å². The molecule has 0 spiro atoms. The summed E-state index contributed by atoms with van der Waals surface area (Å²) in [7, 11) is 0. The Bertz CT molecular complexity index is 179. The SMILES string of the molecule is C=CC1=CC(C)NC1C=C. The zero-order chi connectivity index (χ0) is 7.56. The molecule has 2 unspecified atom stereocenters. The standard InChI is InChI=1S/C9H13N/c1-4-8-6-7(3)10-9(8)5-2/h4-7,9-10H,1-2H2,3H3. The van der Waals surface area contributed by atoms with E-state index >= 15 is 0 Å². The van der Waals surface area contributed by atoms with Crippen LogP contribution in [0.1, 0.15) is 6.92 Å². The normalized spacial score (nSPS) is 31.5. The second-order valence-corrected chi connectivity index (χ2v) is 2.54. The van der Waals surface area contributed by atoms with Crippen molar-refractivity contribution in [3.05, 3.63) is 37.0 Å². The average Bonchev–Trinajstić information content (AvgIpc) is 2.30. The van der Waals surface area contributed by atoms with Crippen molar-refractivity contribution in [1.82, 2.24) is 5.32 Å². The monoisotopic (exact) mass is 135 g/mol. The van der Waals surface area contributed by atoms with Crippen LogP contribution in [0.25, 0.3) is 0 Å². The Labute approximate surface area is 62.1 Å². The van der Waals surface area contributed by atoms with Crippen LogP contribution in [-0.2, 0) is 0 Å². The van der Waals surface area contributed by atoms with Gasteiger partial charge in [0.1, 0.15) is 0 Å². The summed E-state index contributed by atoms with van der Waals surface area (Å²) in [5.74, 6) is 0. The van der Waals surface area contributed by atoms with Gasteiger partial charge >= 0.3 is 0 Å². The van der Waals surface area contributed by atoms with Crippen molar-refractivity contribution < 1.29 is 0 Å². The van der Waals surface area contributed by atoms with Gasteiger partial charge in [0.25, 0.3) is 0 Å². The van der Waals surface area contributed by atoms with Crippen LogP contribution < -0.4 is 5.32 Å². The molecule has 1 N–H and O–H groups in total. The molecule has 2 atom stereocenters. The molecule has 0 aromatic heterocycles. The van der Waals surface area contributed by atoms with Crippen molar-refractivity contribution in [2.75, 3.05) is 0 Å². The number of hydrogen-bond donors (Lipinski definition) is 1. The maximum atomic E-state index is 3.72. The van der Waals surface area contributed by atoms with Gasteiger partial charge in [0.05, 0.1) is 6.04 Å². The lowest BCUT2D eigenvalue weighted by atomic mass is 10.1. The van der Waals surface area contributed by atoms with E-state index in [0.717, 1.165) is 0 Å². The Kier molecular flexibility index (Phi) is 2.07. The first-order valence-electron chi connectivity index (χ1n) is 3.50. The molecule has 0 saturated carbocycles. The molecule has 1 aliphatic heterocycles. The molecule has 0 bridgehead atoms. The first-order valence-corrected chi connectivity index (χ1v) is 3.50. The maximum Gasteiger partial charge on any atom is 0.0505 e. The van der Waals surface area contributed by atoms with Crippen LogP contribution in [-0.4, -0.2) is 12.1 Å². The Morgan fingerprint density at radius 1 is 1.60 bits per heavy atom. The molecule has 10 heavy (non-hydrogen) atoms. The maximum absolute atomic E-state index is 3.72. The second kappa shape index (κ2) is 2.84. The summed E-state index contributed by atoms with van der Waals surface area (Å²) < 4.78 is 0. The summed E-state index contributed by atoms with van der Waals surface area (Å²) in [6.45, 7) is 9.56. The minimum Gasteiger partial charge on any atom is -0.301 e. The molecule has 0 aliphatic carbocycles. The highest BCUT2D eigenvalue weighted by atomic mass is 15.0. The fourth-order valence-electron chi connectivity index (χ4n) is 1.22. The van der Waals surface area contributed by atoms with Gasteiger partial charge < -0.3 is 5.32 Å². The van der Waals surface area contributed by atoms with Gasteiger partial charge in [-0.3, -0.25) is 0 Å². The third-order valence-corrected chi connectivity index (χ3v) is 1.72. The van der Waals surface area contributed by atoms with E-state index in [1.165, 1.54) is 5.57 Å². The minimum absolute atomic E-state index is 0.312. The minimum atomic E-state index is 0.312. The van der Waals surface area contributed by atoms with E-state index < -0.39 is 0 Å². The van der Waals surface area contributed by atoms with Gasteiger partial charge in [-0.25, -0.2) is 0 Å². The van der Waals surface area contributed by atoms with Gasteiger partial charge in [-0.15, -0.1) is 6.58 Å². The molecule has 54 valence electrons. The second-order valence-electron chi connectivity index (χ2n) is 2.54. The molecule has 0 radical (unpaired) electrons. The molecule has 0 amide bonds. The third-order valence-electron chi connectivity index (χ3n) is 1.72. The lowest BCUT2D eigenvalue weighted by Crippen LogP contribution is -2.27. The molecule has 0 aromatic carbocycles. The summed E-state index contributed by atoms with van der Waals surface area (Å²) in [6.07, 6.45) is 5.94. The predicted molar refractivity (Wildman–Crippen MR) is 44.9 cm³/mol. The summed E-state index contributed by atoms with van der Waals surface area (Å²) in [6, 6.07) is 0.767. The van der Waals surface area contributed by atoms with E-state index in [0.29, 0.717) is 12.1 Å². The number of rotatable bonds is 2. The summed E-state index contributed by atoms with van der Waals surface area (Å²) in [5.41, 5.74) is 1.24. The lowest BCUT2D eigenvalue weighted by molar-refractivity contribution is 0.657. The molecular formula is C9H13N. The lowest BCUT2D eigenvalue weighted by Gasteiger charge is -2.07. The molecule has 1 nitrogen and oxygen atoms in total. The highest BCUT2D eigenvalue weighted by molar-refractivity contribution is 5.33. The first-order chi connectivity index (χ1) is 4.77. The molecule has 1 heterocycles. The number of hydrogen-bond acceptors (Lipinski definition) is 1. The first kappa shape index (κ1) is 7.29. The van der Waals surface area contributed by atoms with Crippen molar-refractivity contribution in [3.63, 3.8) is 0 Å². The van der Waals surface area contributed by atoms with Crippen molar-refractivity contribution in [3.8, 4) is 0 Å².